The third-order valence-electron chi connectivity index (χ3n) is 3.14. The normalized spacial score (nSPS) is 10.0. The van der Waals surface area contributed by atoms with Crippen molar-refractivity contribution < 1.29 is 19.1 Å². The first-order valence-electron chi connectivity index (χ1n) is 7.34. The van der Waals surface area contributed by atoms with Gasteiger partial charge in [0.2, 0.25) is 0 Å². The second-order valence-electron chi connectivity index (χ2n) is 5.00. The number of halogens is 1. The Labute approximate surface area is 144 Å². The summed E-state index contributed by atoms with van der Waals surface area (Å²) >= 11 is 5.75. The maximum absolute atomic E-state index is 11.9. The molecule has 0 spiro atoms. The summed E-state index contributed by atoms with van der Waals surface area (Å²) in [7, 11) is 0. The number of rotatable bonds is 7. The van der Waals surface area contributed by atoms with E-state index in [1.54, 1.807) is 48.5 Å². The van der Waals surface area contributed by atoms with Crippen molar-refractivity contribution in [3.63, 3.8) is 0 Å². The third kappa shape index (κ3) is 5.85. The van der Waals surface area contributed by atoms with Crippen molar-refractivity contribution in [3.8, 4) is 0 Å². The quantitative estimate of drug-likeness (QED) is 0.616. The summed E-state index contributed by atoms with van der Waals surface area (Å²) in [6, 6.07) is 15.3. The zero-order valence-electron chi connectivity index (χ0n) is 12.8. The smallest absolute Gasteiger partial charge is 0.306 e. The van der Waals surface area contributed by atoms with Crippen LogP contribution in [0.25, 0.3) is 0 Å². The number of carbonyl (C=O) groups excluding carboxylic acids is 3. The summed E-state index contributed by atoms with van der Waals surface area (Å²) in [5.74, 6) is -1.19. The van der Waals surface area contributed by atoms with Crippen molar-refractivity contribution in [2.45, 2.75) is 12.8 Å². The number of Topliss-reactive ketones (excluding diaryl/α,β-unsaturated/α-hetero) is 1. The average molecular weight is 346 g/mol. The summed E-state index contributed by atoms with van der Waals surface area (Å²) in [5.41, 5.74) is 1.10. The van der Waals surface area contributed by atoms with E-state index in [-0.39, 0.29) is 18.6 Å². The molecule has 0 unspecified atom stereocenters. The van der Waals surface area contributed by atoms with Crippen molar-refractivity contribution >= 4 is 34.9 Å². The molecule has 0 aliphatic heterocycles. The van der Waals surface area contributed by atoms with E-state index < -0.39 is 18.5 Å². The maximum Gasteiger partial charge on any atom is 0.306 e. The molecule has 24 heavy (non-hydrogen) atoms. The van der Waals surface area contributed by atoms with E-state index in [1.165, 1.54) is 0 Å². The van der Waals surface area contributed by atoms with E-state index in [1.807, 2.05) is 6.07 Å². The van der Waals surface area contributed by atoms with Crippen molar-refractivity contribution in [1.82, 2.24) is 0 Å². The Balaban J connectivity index is 1.70. The monoisotopic (exact) mass is 345 g/mol. The molecule has 0 radical (unpaired) electrons. The molecule has 0 aliphatic rings. The minimum absolute atomic E-state index is 0.0433. The second kappa shape index (κ2) is 8.84. The van der Waals surface area contributed by atoms with E-state index in [2.05, 4.69) is 5.32 Å². The minimum Gasteiger partial charge on any atom is -0.456 e. The van der Waals surface area contributed by atoms with Gasteiger partial charge < -0.3 is 10.1 Å². The molecule has 2 rings (SSSR count). The highest BCUT2D eigenvalue weighted by atomic mass is 35.5. The molecule has 1 amide bonds. The van der Waals surface area contributed by atoms with Gasteiger partial charge in [-0.2, -0.15) is 0 Å². The molecule has 0 saturated carbocycles. The molecule has 0 bridgehead atoms. The Morgan fingerprint density at radius 1 is 0.917 bits per heavy atom. The van der Waals surface area contributed by atoms with Gasteiger partial charge in [0, 0.05) is 22.7 Å². The molecule has 0 atom stereocenters. The SMILES string of the molecule is O=C(COC(=O)CCC(=O)c1ccccc1)Nc1ccc(Cl)cc1. The van der Waals surface area contributed by atoms with Crippen LogP contribution in [0.1, 0.15) is 23.2 Å². The minimum atomic E-state index is -0.592. The van der Waals surface area contributed by atoms with Gasteiger partial charge in [0.25, 0.3) is 5.91 Å². The van der Waals surface area contributed by atoms with Crippen LogP contribution in [0.3, 0.4) is 0 Å². The highest BCUT2D eigenvalue weighted by Crippen LogP contribution is 2.13. The number of hydrogen-bond donors (Lipinski definition) is 1. The van der Waals surface area contributed by atoms with Crippen LogP contribution in [0.15, 0.2) is 54.6 Å². The summed E-state index contributed by atoms with van der Waals surface area (Å²) in [5, 5.41) is 3.13. The van der Waals surface area contributed by atoms with Crippen LogP contribution < -0.4 is 5.32 Å². The summed E-state index contributed by atoms with van der Waals surface area (Å²) < 4.78 is 4.86. The highest BCUT2D eigenvalue weighted by molar-refractivity contribution is 6.30. The van der Waals surface area contributed by atoms with Crippen LogP contribution in [0.4, 0.5) is 5.69 Å². The number of amides is 1. The molecule has 0 fully saturated rings. The lowest BCUT2D eigenvalue weighted by molar-refractivity contribution is -0.147. The number of hydrogen-bond acceptors (Lipinski definition) is 4. The van der Waals surface area contributed by atoms with Gasteiger partial charge in [0.1, 0.15) is 0 Å². The molecule has 2 aromatic carbocycles. The summed E-state index contributed by atoms with van der Waals surface area (Å²) in [4.78, 5) is 35.1. The van der Waals surface area contributed by atoms with E-state index >= 15 is 0 Å². The lowest BCUT2D eigenvalue weighted by atomic mass is 10.1. The Kier molecular flexibility index (Phi) is 6.51. The third-order valence-corrected chi connectivity index (χ3v) is 3.40. The summed E-state index contributed by atoms with van der Waals surface area (Å²) in [6.45, 7) is -0.402. The number of nitrogens with one attached hydrogen (secondary N) is 1. The van der Waals surface area contributed by atoms with Gasteiger partial charge in [-0.1, -0.05) is 41.9 Å². The Morgan fingerprint density at radius 2 is 1.58 bits per heavy atom. The number of ether oxygens (including phenoxy) is 1. The van der Waals surface area contributed by atoms with Gasteiger partial charge in [-0.15, -0.1) is 0 Å². The first-order valence-corrected chi connectivity index (χ1v) is 7.71. The average Bonchev–Trinajstić information content (AvgIpc) is 2.60. The Morgan fingerprint density at radius 3 is 2.25 bits per heavy atom. The zero-order valence-corrected chi connectivity index (χ0v) is 13.6. The van der Waals surface area contributed by atoms with Crippen LogP contribution >= 0.6 is 11.6 Å². The molecule has 2 aromatic rings. The van der Waals surface area contributed by atoms with Crippen LogP contribution in [0, 0.1) is 0 Å². The standard InChI is InChI=1S/C18H16ClNO4/c19-14-6-8-15(9-7-14)20-17(22)12-24-18(23)11-10-16(21)13-4-2-1-3-5-13/h1-9H,10-12H2,(H,20,22). The number of benzene rings is 2. The Hall–Kier alpha value is -2.66. The molecule has 0 saturated heterocycles. The first kappa shape index (κ1) is 17.7. The van der Waals surface area contributed by atoms with Crippen LogP contribution in [-0.2, 0) is 14.3 Å². The maximum atomic E-state index is 11.9. The molecular formula is C18H16ClNO4. The van der Waals surface area contributed by atoms with Gasteiger partial charge in [0.05, 0.1) is 6.42 Å². The van der Waals surface area contributed by atoms with Crippen molar-refractivity contribution in [2.75, 3.05) is 11.9 Å². The molecule has 0 aliphatic carbocycles. The molecule has 1 N–H and O–H groups in total. The van der Waals surface area contributed by atoms with Gasteiger partial charge >= 0.3 is 5.97 Å². The first-order chi connectivity index (χ1) is 11.5. The largest absolute Gasteiger partial charge is 0.456 e. The van der Waals surface area contributed by atoms with Crippen molar-refractivity contribution in [1.29, 1.82) is 0 Å². The predicted molar refractivity (Wildman–Crippen MR) is 91.0 cm³/mol. The number of esters is 1. The molecule has 6 heteroatoms. The van der Waals surface area contributed by atoms with Gasteiger partial charge in [-0.3, -0.25) is 14.4 Å². The van der Waals surface area contributed by atoms with Crippen LogP contribution in [0.2, 0.25) is 5.02 Å². The van der Waals surface area contributed by atoms with Gasteiger partial charge in [0.15, 0.2) is 12.4 Å². The number of carbonyl (C=O) groups is 3. The van der Waals surface area contributed by atoms with E-state index in [4.69, 9.17) is 16.3 Å². The molecule has 0 heterocycles. The second-order valence-corrected chi connectivity index (χ2v) is 5.44. The van der Waals surface area contributed by atoms with Crippen LogP contribution in [0.5, 0.6) is 0 Å². The zero-order chi connectivity index (χ0) is 17.4. The van der Waals surface area contributed by atoms with Crippen molar-refractivity contribution in [2.24, 2.45) is 0 Å². The lowest BCUT2D eigenvalue weighted by Gasteiger charge is -2.06. The Bertz CT molecular complexity index is 714. The lowest BCUT2D eigenvalue weighted by Crippen LogP contribution is -2.21. The van der Waals surface area contributed by atoms with E-state index in [0.717, 1.165) is 0 Å². The number of anilines is 1. The predicted octanol–water partition coefficient (Wildman–Crippen LogP) is 3.48. The fraction of sp³-hybridized carbons (Fsp3) is 0.167. The van der Waals surface area contributed by atoms with Crippen molar-refractivity contribution in [3.05, 3.63) is 65.2 Å². The molecule has 124 valence electrons. The van der Waals surface area contributed by atoms with Gasteiger partial charge in [-0.25, -0.2) is 0 Å². The van der Waals surface area contributed by atoms with Gasteiger partial charge in [-0.05, 0) is 24.3 Å². The molecular weight excluding hydrogens is 330 g/mol. The summed E-state index contributed by atoms with van der Waals surface area (Å²) in [6.07, 6.45) is -0.0242. The fourth-order valence-corrected chi connectivity index (χ4v) is 2.06. The number of ketones is 1. The van der Waals surface area contributed by atoms with E-state index in [0.29, 0.717) is 16.3 Å². The topological polar surface area (TPSA) is 72.5 Å². The molecule has 5 nitrogen and oxygen atoms in total. The highest BCUT2D eigenvalue weighted by Gasteiger charge is 2.11. The molecule has 0 aromatic heterocycles. The fourth-order valence-electron chi connectivity index (χ4n) is 1.93. The van der Waals surface area contributed by atoms with E-state index in [9.17, 15) is 14.4 Å². The van der Waals surface area contributed by atoms with Crippen LogP contribution in [-0.4, -0.2) is 24.3 Å².